The Morgan fingerprint density at radius 2 is 1.96 bits per heavy atom. The zero-order valence-electron chi connectivity index (χ0n) is 16.9. The van der Waals surface area contributed by atoms with Gasteiger partial charge in [0.2, 0.25) is 0 Å². The molecule has 150 valence electrons. The number of aliphatic imine (C=N–C) groups is 1. The van der Waals surface area contributed by atoms with Gasteiger partial charge in [-0.25, -0.2) is 0 Å². The molecule has 0 radical (unpaired) electrons. The van der Waals surface area contributed by atoms with Crippen molar-refractivity contribution in [1.29, 1.82) is 0 Å². The van der Waals surface area contributed by atoms with Crippen LogP contribution in [0.4, 0.5) is 0 Å². The number of hydrogen-bond acceptors (Lipinski definition) is 3. The van der Waals surface area contributed by atoms with Gasteiger partial charge in [-0.2, -0.15) is 0 Å². The Kier molecular flexibility index (Phi) is 8.43. The van der Waals surface area contributed by atoms with Crippen LogP contribution in [0.15, 0.2) is 29.3 Å². The number of likely N-dealkylation sites (N-methyl/N-ethyl adjacent to an activating group) is 1. The van der Waals surface area contributed by atoms with E-state index in [-0.39, 0.29) is 12.5 Å². The van der Waals surface area contributed by atoms with Crippen LogP contribution < -0.4 is 20.7 Å². The van der Waals surface area contributed by atoms with E-state index in [9.17, 15) is 4.79 Å². The lowest BCUT2D eigenvalue weighted by molar-refractivity contribution is -0.122. The second-order valence-corrected chi connectivity index (χ2v) is 7.23. The van der Waals surface area contributed by atoms with Crippen molar-refractivity contribution in [3.8, 4) is 5.75 Å². The molecular formula is C21H34N4O2. The van der Waals surface area contributed by atoms with E-state index in [4.69, 9.17) is 4.74 Å². The standard InChI is InChI=1S/C21H34N4O2/c1-4-21(11-6-7-12-21)16-25-20(22-3)24-14-17-9-8-10-18(13-17)27-15-19(26)23-5-2/h8-10,13H,4-7,11-12,14-16H2,1-3H3,(H,23,26)(H2,22,24,25). The number of benzene rings is 1. The first-order valence-electron chi connectivity index (χ1n) is 10.0. The fraction of sp³-hybridized carbons (Fsp3) is 0.619. The number of hydrogen-bond donors (Lipinski definition) is 3. The zero-order chi connectivity index (χ0) is 19.5. The molecule has 1 aliphatic carbocycles. The molecule has 0 bridgehead atoms. The van der Waals surface area contributed by atoms with Gasteiger partial charge in [0.25, 0.3) is 5.91 Å². The van der Waals surface area contributed by atoms with Crippen molar-refractivity contribution in [2.24, 2.45) is 10.4 Å². The van der Waals surface area contributed by atoms with Gasteiger partial charge in [0.1, 0.15) is 5.75 Å². The second-order valence-electron chi connectivity index (χ2n) is 7.23. The molecular weight excluding hydrogens is 340 g/mol. The lowest BCUT2D eigenvalue weighted by atomic mass is 9.83. The third-order valence-electron chi connectivity index (χ3n) is 5.37. The highest BCUT2D eigenvalue weighted by Gasteiger charge is 2.31. The quantitative estimate of drug-likeness (QED) is 0.459. The van der Waals surface area contributed by atoms with E-state index in [1.165, 1.54) is 32.1 Å². The lowest BCUT2D eigenvalue weighted by Gasteiger charge is -2.28. The molecule has 1 amide bonds. The molecule has 1 aromatic carbocycles. The molecule has 6 nitrogen and oxygen atoms in total. The van der Waals surface area contributed by atoms with Gasteiger partial charge in [0.05, 0.1) is 0 Å². The highest BCUT2D eigenvalue weighted by atomic mass is 16.5. The Hall–Kier alpha value is -2.24. The van der Waals surface area contributed by atoms with E-state index in [1.54, 1.807) is 7.05 Å². The smallest absolute Gasteiger partial charge is 0.257 e. The molecule has 6 heteroatoms. The molecule has 27 heavy (non-hydrogen) atoms. The average molecular weight is 375 g/mol. The van der Waals surface area contributed by atoms with Crippen molar-refractivity contribution in [3.05, 3.63) is 29.8 Å². The average Bonchev–Trinajstić information content (AvgIpc) is 3.16. The first kappa shape index (κ1) is 21.1. The van der Waals surface area contributed by atoms with Gasteiger partial charge >= 0.3 is 0 Å². The van der Waals surface area contributed by atoms with Gasteiger partial charge < -0.3 is 20.7 Å². The summed E-state index contributed by atoms with van der Waals surface area (Å²) in [6.07, 6.45) is 6.49. The molecule has 2 rings (SSSR count). The summed E-state index contributed by atoms with van der Waals surface area (Å²) in [7, 11) is 1.80. The van der Waals surface area contributed by atoms with Crippen LogP contribution in [0, 0.1) is 5.41 Å². The van der Waals surface area contributed by atoms with Gasteiger partial charge in [-0.05, 0) is 49.3 Å². The SMILES string of the molecule is CCNC(=O)COc1cccc(CNC(=NC)NCC2(CC)CCCC2)c1. The fourth-order valence-electron chi connectivity index (χ4n) is 3.60. The number of nitrogens with one attached hydrogen (secondary N) is 3. The van der Waals surface area contributed by atoms with E-state index >= 15 is 0 Å². The normalized spacial score (nSPS) is 16.0. The predicted molar refractivity (Wildman–Crippen MR) is 110 cm³/mol. The lowest BCUT2D eigenvalue weighted by Crippen LogP contribution is -2.42. The summed E-state index contributed by atoms with van der Waals surface area (Å²) in [4.78, 5) is 15.9. The van der Waals surface area contributed by atoms with Crippen molar-refractivity contribution in [2.75, 3.05) is 26.7 Å². The Balaban J connectivity index is 1.81. The third-order valence-corrected chi connectivity index (χ3v) is 5.37. The minimum atomic E-state index is -0.109. The number of rotatable bonds is 9. The number of carbonyl (C=O) groups excluding carboxylic acids is 1. The number of carbonyl (C=O) groups is 1. The number of amides is 1. The van der Waals surface area contributed by atoms with Crippen LogP contribution in [0.5, 0.6) is 5.75 Å². The van der Waals surface area contributed by atoms with Gasteiger partial charge in [0, 0.05) is 26.7 Å². The van der Waals surface area contributed by atoms with Crippen LogP contribution in [0.3, 0.4) is 0 Å². The van der Waals surface area contributed by atoms with Crippen LogP contribution in [-0.2, 0) is 11.3 Å². The van der Waals surface area contributed by atoms with Crippen LogP contribution in [0.2, 0.25) is 0 Å². The molecule has 1 fully saturated rings. The molecule has 1 aromatic rings. The molecule has 0 unspecified atom stereocenters. The van der Waals surface area contributed by atoms with E-state index in [0.717, 1.165) is 18.1 Å². The Morgan fingerprint density at radius 3 is 2.63 bits per heavy atom. The van der Waals surface area contributed by atoms with Crippen LogP contribution >= 0.6 is 0 Å². The molecule has 0 aliphatic heterocycles. The number of guanidine groups is 1. The minimum Gasteiger partial charge on any atom is -0.484 e. The van der Waals surface area contributed by atoms with Crippen LogP contribution in [-0.4, -0.2) is 38.6 Å². The third kappa shape index (κ3) is 6.77. The van der Waals surface area contributed by atoms with Crippen molar-refractivity contribution in [2.45, 2.75) is 52.5 Å². The van der Waals surface area contributed by atoms with Crippen LogP contribution in [0.1, 0.15) is 51.5 Å². The molecule has 1 saturated carbocycles. The summed E-state index contributed by atoms with van der Waals surface area (Å²) < 4.78 is 5.55. The zero-order valence-corrected chi connectivity index (χ0v) is 16.9. The van der Waals surface area contributed by atoms with Crippen LogP contribution in [0.25, 0.3) is 0 Å². The molecule has 0 aromatic heterocycles. The summed E-state index contributed by atoms with van der Waals surface area (Å²) >= 11 is 0. The monoisotopic (exact) mass is 374 g/mol. The van der Waals surface area contributed by atoms with Gasteiger partial charge in [0.15, 0.2) is 12.6 Å². The Labute approximate surface area is 163 Å². The largest absolute Gasteiger partial charge is 0.484 e. The summed E-state index contributed by atoms with van der Waals surface area (Å²) in [5.74, 6) is 1.41. The van der Waals surface area contributed by atoms with Crippen molar-refractivity contribution in [3.63, 3.8) is 0 Å². The predicted octanol–water partition coefficient (Wildman–Crippen LogP) is 2.84. The highest BCUT2D eigenvalue weighted by Crippen LogP contribution is 2.40. The summed E-state index contributed by atoms with van der Waals surface area (Å²) in [5, 5.41) is 9.59. The van der Waals surface area contributed by atoms with E-state index in [2.05, 4.69) is 27.9 Å². The van der Waals surface area contributed by atoms with E-state index < -0.39 is 0 Å². The molecule has 0 heterocycles. The molecule has 0 atom stereocenters. The summed E-state index contributed by atoms with van der Waals surface area (Å²) in [5.41, 5.74) is 1.50. The van der Waals surface area contributed by atoms with E-state index in [0.29, 0.717) is 24.3 Å². The summed E-state index contributed by atoms with van der Waals surface area (Å²) in [6, 6.07) is 7.78. The first-order valence-corrected chi connectivity index (χ1v) is 10.0. The summed E-state index contributed by atoms with van der Waals surface area (Å²) in [6.45, 7) is 6.44. The molecule has 0 spiro atoms. The number of nitrogens with zero attached hydrogens (tertiary/aromatic N) is 1. The first-order chi connectivity index (χ1) is 13.1. The molecule has 1 aliphatic rings. The van der Waals surface area contributed by atoms with Crippen molar-refractivity contribution >= 4 is 11.9 Å². The fourth-order valence-corrected chi connectivity index (χ4v) is 3.60. The molecule has 0 saturated heterocycles. The van der Waals surface area contributed by atoms with E-state index in [1.807, 2.05) is 31.2 Å². The Morgan fingerprint density at radius 1 is 1.19 bits per heavy atom. The van der Waals surface area contributed by atoms with Gasteiger partial charge in [-0.15, -0.1) is 0 Å². The topological polar surface area (TPSA) is 74.8 Å². The van der Waals surface area contributed by atoms with Gasteiger partial charge in [-0.3, -0.25) is 9.79 Å². The highest BCUT2D eigenvalue weighted by molar-refractivity contribution is 5.79. The van der Waals surface area contributed by atoms with Crippen molar-refractivity contribution in [1.82, 2.24) is 16.0 Å². The molecule has 3 N–H and O–H groups in total. The maximum Gasteiger partial charge on any atom is 0.257 e. The maximum atomic E-state index is 11.5. The maximum absolute atomic E-state index is 11.5. The Bertz CT molecular complexity index is 624. The second kappa shape index (κ2) is 10.8. The van der Waals surface area contributed by atoms with Gasteiger partial charge in [-0.1, -0.05) is 31.9 Å². The van der Waals surface area contributed by atoms with Crippen molar-refractivity contribution < 1.29 is 9.53 Å². The number of ether oxygens (including phenoxy) is 1. The minimum absolute atomic E-state index is 0.0348.